The molecule has 0 aromatic carbocycles. The van der Waals surface area contributed by atoms with E-state index in [0.717, 1.165) is 5.92 Å². The second-order valence-electron chi connectivity index (χ2n) is 6.02. The fourth-order valence-corrected chi connectivity index (χ4v) is 4.22. The number of thiophene rings is 1. The quantitative estimate of drug-likeness (QED) is 0.850. The third kappa shape index (κ3) is 3.11. The van der Waals surface area contributed by atoms with Crippen LogP contribution in [0.4, 0.5) is 0 Å². The molecule has 0 saturated carbocycles. The largest absolute Gasteiger partial charge is 0.311 e. The van der Waals surface area contributed by atoms with Gasteiger partial charge >= 0.3 is 0 Å². The maximum absolute atomic E-state index is 3.79. The van der Waals surface area contributed by atoms with E-state index in [1.165, 1.54) is 42.0 Å². The van der Waals surface area contributed by atoms with Gasteiger partial charge in [-0.1, -0.05) is 13.8 Å². The van der Waals surface area contributed by atoms with Gasteiger partial charge in [-0.3, -0.25) is 0 Å². The lowest BCUT2D eigenvalue weighted by Gasteiger charge is -2.31. The van der Waals surface area contributed by atoms with E-state index in [-0.39, 0.29) is 0 Å². The van der Waals surface area contributed by atoms with E-state index in [1.54, 1.807) is 5.56 Å². The van der Waals surface area contributed by atoms with Crippen molar-refractivity contribution in [3.05, 3.63) is 21.4 Å². The van der Waals surface area contributed by atoms with E-state index >= 15 is 0 Å². The van der Waals surface area contributed by atoms with Gasteiger partial charge in [-0.05, 0) is 63.6 Å². The Balaban J connectivity index is 2.15. The first-order valence-corrected chi connectivity index (χ1v) is 7.63. The first kappa shape index (κ1) is 13.1. The SMILES string of the molecule is Cc1cc(CC2(CC(C)C)CCCN2)c(C)s1. The van der Waals surface area contributed by atoms with Crippen LogP contribution in [0.15, 0.2) is 6.07 Å². The van der Waals surface area contributed by atoms with Crippen molar-refractivity contribution in [1.82, 2.24) is 5.32 Å². The molecule has 1 aromatic heterocycles. The first-order valence-electron chi connectivity index (χ1n) is 6.82. The van der Waals surface area contributed by atoms with Gasteiger partial charge in [-0.25, -0.2) is 0 Å². The molecule has 2 heteroatoms. The molecule has 1 unspecified atom stereocenters. The smallest absolute Gasteiger partial charge is 0.0225 e. The molecule has 96 valence electrons. The van der Waals surface area contributed by atoms with Crippen LogP contribution in [0.3, 0.4) is 0 Å². The molecule has 0 aliphatic carbocycles. The van der Waals surface area contributed by atoms with Gasteiger partial charge in [0.25, 0.3) is 0 Å². The van der Waals surface area contributed by atoms with Crippen LogP contribution in [-0.4, -0.2) is 12.1 Å². The molecule has 17 heavy (non-hydrogen) atoms. The maximum atomic E-state index is 3.79. The van der Waals surface area contributed by atoms with Crippen LogP contribution in [0.25, 0.3) is 0 Å². The lowest BCUT2D eigenvalue weighted by Crippen LogP contribution is -2.43. The highest BCUT2D eigenvalue weighted by Gasteiger charge is 2.34. The molecule has 0 amide bonds. The minimum absolute atomic E-state index is 0.381. The van der Waals surface area contributed by atoms with Gasteiger partial charge < -0.3 is 5.32 Å². The highest BCUT2D eigenvalue weighted by Crippen LogP contribution is 2.33. The van der Waals surface area contributed by atoms with E-state index in [9.17, 15) is 0 Å². The number of rotatable bonds is 4. The molecule has 1 atom stereocenters. The Morgan fingerprint density at radius 2 is 2.18 bits per heavy atom. The van der Waals surface area contributed by atoms with Crippen LogP contribution < -0.4 is 5.32 Å². The van der Waals surface area contributed by atoms with Crippen LogP contribution in [0.5, 0.6) is 0 Å². The Morgan fingerprint density at radius 3 is 2.65 bits per heavy atom. The summed E-state index contributed by atoms with van der Waals surface area (Å²) in [7, 11) is 0. The second-order valence-corrected chi connectivity index (χ2v) is 7.48. The van der Waals surface area contributed by atoms with Crippen LogP contribution in [-0.2, 0) is 6.42 Å². The molecule has 0 bridgehead atoms. The normalized spacial score (nSPS) is 24.8. The number of aryl methyl sites for hydroxylation is 2. The molecule has 0 spiro atoms. The van der Waals surface area contributed by atoms with Gasteiger partial charge in [0.05, 0.1) is 0 Å². The molecule has 1 aliphatic heterocycles. The molecular formula is C15H25NS. The minimum Gasteiger partial charge on any atom is -0.311 e. The van der Waals surface area contributed by atoms with E-state index in [1.807, 2.05) is 11.3 Å². The molecule has 0 radical (unpaired) electrons. The summed E-state index contributed by atoms with van der Waals surface area (Å²) in [6.07, 6.45) is 5.22. The van der Waals surface area contributed by atoms with Crippen molar-refractivity contribution in [2.24, 2.45) is 5.92 Å². The zero-order valence-electron chi connectivity index (χ0n) is 11.6. The molecule has 1 aliphatic rings. The summed E-state index contributed by atoms with van der Waals surface area (Å²) in [6, 6.07) is 2.39. The lowest BCUT2D eigenvalue weighted by molar-refractivity contribution is 0.301. The predicted octanol–water partition coefficient (Wildman–Crippen LogP) is 4.08. The molecular weight excluding hydrogens is 226 g/mol. The number of hydrogen-bond acceptors (Lipinski definition) is 2. The molecule has 1 fully saturated rings. The molecule has 1 saturated heterocycles. The van der Waals surface area contributed by atoms with Gasteiger partial charge in [0, 0.05) is 15.3 Å². The molecule has 1 N–H and O–H groups in total. The summed E-state index contributed by atoms with van der Waals surface area (Å²) in [5.74, 6) is 0.778. The van der Waals surface area contributed by atoms with Crippen molar-refractivity contribution < 1.29 is 0 Å². The highest BCUT2D eigenvalue weighted by molar-refractivity contribution is 7.12. The van der Waals surface area contributed by atoms with Crippen LogP contribution in [0.1, 0.15) is 48.4 Å². The summed E-state index contributed by atoms with van der Waals surface area (Å²) in [6.45, 7) is 10.4. The Morgan fingerprint density at radius 1 is 1.41 bits per heavy atom. The third-order valence-corrected chi connectivity index (χ3v) is 4.81. The van der Waals surface area contributed by atoms with Crippen molar-refractivity contribution in [3.8, 4) is 0 Å². The lowest BCUT2D eigenvalue weighted by atomic mass is 9.82. The van der Waals surface area contributed by atoms with Crippen molar-refractivity contribution in [3.63, 3.8) is 0 Å². The maximum Gasteiger partial charge on any atom is 0.0225 e. The van der Waals surface area contributed by atoms with Gasteiger partial charge in [0.15, 0.2) is 0 Å². The Kier molecular flexibility index (Phi) is 3.94. The summed E-state index contributed by atoms with van der Waals surface area (Å²) in [5, 5.41) is 3.79. The summed E-state index contributed by atoms with van der Waals surface area (Å²) >= 11 is 1.94. The molecule has 1 nitrogen and oxygen atoms in total. The predicted molar refractivity (Wildman–Crippen MR) is 76.9 cm³/mol. The minimum atomic E-state index is 0.381. The second kappa shape index (κ2) is 5.11. The Bertz CT molecular complexity index is 372. The topological polar surface area (TPSA) is 12.0 Å². The van der Waals surface area contributed by atoms with Crippen LogP contribution in [0.2, 0.25) is 0 Å². The van der Waals surface area contributed by atoms with Crippen molar-refractivity contribution >= 4 is 11.3 Å². The monoisotopic (exact) mass is 251 g/mol. The van der Waals surface area contributed by atoms with Crippen molar-refractivity contribution in [2.75, 3.05) is 6.54 Å². The zero-order valence-corrected chi connectivity index (χ0v) is 12.4. The summed E-state index contributed by atoms with van der Waals surface area (Å²) in [5.41, 5.74) is 1.95. The van der Waals surface area contributed by atoms with Crippen molar-refractivity contribution in [2.45, 2.75) is 58.9 Å². The summed E-state index contributed by atoms with van der Waals surface area (Å²) in [4.78, 5) is 2.97. The number of hydrogen-bond donors (Lipinski definition) is 1. The Labute approximate surface area is 110 Å². The molecule has 2 heterocycles. The van der Waals surface area contributed by atoms with Crippen LogP contribution in [0, 0.1) is 19.8 Å². The van der Waals surface area contributed by atoms with Crippen molar-refractivity contribution in [1.29, 1.82) is 0 Å². The van der Waals surface area contributed by atoms with Crippen LogP contribution >= 0.6 is 11.3 Å². The van der Waals surface area contributed by atoms with E-state index in [2.05, 4.69) is 39.1 Å². The summed E-state index contributed by atoms with van der Waals surface area (Å²) < 4.78 is 0. The fourth-order valence-electron chi connectivity index (χ4n) is 3.27. The number of nitrogens with one attached hydrogen (secondary N) is 1. The Hall–Kier alpha value is -0.340. The zero-order chi connectivity index (χ0) is 12.5. The fraction of sp³-hybridized carbons (Fsp3) is 0.733. The standard InChI is InChI=1S/C15H25NS/c1-11(2)9-15(6-5-7-16-15)10-14-8-12(3)17-13(14)4/h8,11,16H,5-7,9-10H2,1-4H3. The molecule has 2 rings (SSSR count). The van der Waals surface area contributed by atoms with E-state index < -0.39 is 0 Å². The van der Waals surface area contributed by atoms with E-state index in [4.69, 9.17) is 0 Å². The molecule has 1 aromatic rings. The third-order valence-electron chi connectivity index (χ3n) is 3.80. The van der Waals surface area contributed by atoms with Gasteiger partial charge in [0.2, 0.25) is 0 Å². The van der Waals surface area contributed by atoms with Gasteiger partial charge in [0.1, 0.15) is 0 Å². The van der Waals surface area contributed by atoms with Gasteiger partial charge in [-0.2, -0.15) is 0 Å². The van der Waals surface area contributed by atoms with E-state index in [0.29, 0.717) is 5.54 Å². The first-order chi connectivity index (χ1) is 8.01. The van der Waals surface area contributed by atoms with Gasteiger partial charge in [-0.15, -0.1) is 11.3 Å². The highest BCUT2D eigenvalue weighted by atomic mass is 32.1. The average Bonchev–Trinajstić information content (AvgIpc) is 2.75. The average molecular weight is 251 g/mol.